The van der Waals surface area contributed by atoms with E-state index in [0.29, 0.717) is 39.3 Å². The highest BCUT2D eigenvalue weighted by Crippen LogP contribution is 2.25. The van der Waals surface area contributed by atoms with Crippen LogP contribution in [0.3, 0.4) is 0 Å². The molecule has 0 aliphatic carbocycles. The Morgan fingerprint density at radius 2 is 1.70 bits per heavy atom. The van der Waals surface area contributed by atoms with Crippen LogP contribution in [0.25, 0.3) is 0 Å². The van der Waals surface area contributed by atoms with Gasteiger partial charge in [0.05, 0.1) is 11.9 Å². The molecule has 0 fully saturated rings. The summed E-state index contributed by atoms with van der Waals surface area (Å²) in [5, 5.41) is 4.19. The van der Waals surface area contributed by atoms with Gasteiger partial charge < -0.3 is 10.2 Å². The second-order valence-corrected chi connectivity index (χ2v) is 11.9. The maximum Gasteiger partial charge on any atom is 0.242 e. The maximum absolute atomic E-state index is 13.5. The van der Waals surface area contributed by atoms with E-state index in [9.17, 15) is 18.0 Å². The summed E-state index contributed by atoms with van der Waals surface area (Å²) < 4.78 is 26.1. The highest BCUT2D eigenvalue weighted by molar-refractivity contribution is 7.92. The number of nitrogens with one attached hydrogen (secondary N) is 1. The largest absolute Gasteiger partial charge is 0.354 e. The van der Waals surface area contributed by atoms with Crippen LogP contribution in [0, 0.1) is 0 Å². The number of anilines is 1. The van der Waals surface area contributed by atoms with Crippen LogP contribution >= 0.6 is 34.8 Å². The fourth-order valence-electron chi connectivity index (χ4n) is 3.89. The molecule has 0 aromatic heterocycles. The molecule has 0 aliphatic rings. The first kappa shape index (κ1) is 31.2. The number of halogens is 3. The van der Waals surface area contributed by atoms with Crippen LogP contribution in [0.4, 0.5) is 5.69 Å². The van der Waals surface area contributed by atoms with Crippen LogP contribution in [0.1, 0.15) is 51.5 Å². The molecule has 0 bridgehead atoms. The van der Waals surface area contributed by atoms with E-state index in [1.165, 1.54) is 9.21 Å². The summed E-state index contributed by atoms with van der Waals surface area (Å²) in [5.74, 6) is -0.505. The number of carbonyl (C=O) groups is 2. The first-order valence-electron chi connectivity index (χ1n) is 12.2. The van der Waals surface area contributed by atoms with Crippen LogP contribution in [0.2, 0.25) is 15.1 Å². The van der Waals surface area contributed by atoms with Crippen molar-refractivity contribution in [2.45, 2.75) is 58.5 Å². The SMILES string of the molecule is CCCCNC(=O)[C@@H](CC)N(Cc1ccc(Cl)cc1Cl)C(=O)CCCN(c1cccc(Cl)c1)S(C)(=O)=O. The van der Waals surface area contributed by atoms with Gasteiger partial charge in [-0.3, -0.25) is 13.9 Å². The fraction of sp³-hybridized carbons (Fsp3) is 0.462. The van der Waals surface area contributed by atoms with E-state index in [4.69, 9.17) is 34.8 Å². The number of amides is 2. The Bertz CT molecular complexity index is 1180. The Balaban J connectivity index is 2.23. The molecular formula is C26H34Cl3N3O4S. The van der Waals surface area contributed by atoms with Crippen molar-refractivity contribution in [3.05, 3.63) is 63.1 Å². The van der Waals surface area contributed by atoms with Gasteiger partial charge in [0.15, 0.2) is 0 Å². The summed E-state index contributed by atoms with van der Waals surface area (Å²) in [6.45, 7) is 4.61. The molecule has 1 N–H and O–H groups in total. The van der Waals surface area contributed by atoms with Crippen LogP contribution in [0.5, 0.6) is 0 Å². The number of unbranched alkanes of at least 4 members (excludes halogenated alkanes) is 1. The number of rotatable bonds is 14. The first-order chi connectivity index (χ1) is 17.5. The lowest BCUT2D eigenvalue weighted by molar-refractivity contribution is -0.141. The Morgan fingerprint density at radius 1 is 1.00 bits per heavy atom. The van der Waals surface area contributed by atoms with Gasteiger partial charge in [-0.25, -0.2) is 8.42 Å². The van der Waals surface area contributed by atoms with Crippen molar-refractivity contribution >= 4 is 62.3 Å². The van der Waals surface area contributed by atoms with Crippen molar-refractivity contribution in [1.29, 1.82) is 0 Å². The smallest absolute Gasteiger partial charge is 0.242 e. The van der Waals surface area contributed by atoms with Crippen LogP contribution < -0.4 is 9.62 Å². The second kappa shape index (κ2) is 14.8. The van der Waals surface area contributed by atoms with Crippen molar-refractivity contribution in [3.8, 4) is 0 Å². The minimum atomic E-state index is -3.60. The number of carbonyl (C=O) groups excluding carboxylic acids is 2. The van der Waals surface area contributed by atoms with Crippen LogP contribution in [-0.2, 0) is 26.2 Å². The minimum absolute atomic E-state index is 0.0382. The van der Waals surface area contributed by atoms with E-state index in [1.807, 2.05) is 13.8 Å². The van der Waals surface area contributed by atoms with E-state index in [1.54, 1.807) is 42.5 Å². The molecule has 2 amide bonds. The molecule has 0 unspecified atom stereocenters. The number of hydrogen-bond acceptors (Lipinski definition) is 4. The molecule has 2 aromatic carbocycles. The number of nitrogens with zero attached hydrogens (tertiary/aromatic N) is 2. The van der Waals surface area contributed by atoms with E-state index in [0.717, 1.165) is 19.1 Å². The molecule has 0 radical (unpaired) electrons. The van der Waals surface area contributed by atoms with Crippen molar-refractivity contribution in [2.24, 2.45) is 0 Å². The summed E-state index contributed by atoms with van der Waals surface area (Å²) >= 11 is 18.5. The van der Waals surface area contributed by atoms with Crippen LogP contribution in [-0.4, -0.2) is 50.5 Å². The predicted molar refractivity (Wildman–Crippen MR) is 152 cm³/mol. The van der Waals surface area contributed by atoms with Gasteiger partial charge in [0.1, 0.15) is 6.04 Å². The fourth-order valence-corrected chi connectivity index (χ4v) is 5.50. The first-order valence-corrected chi connectivity index (χ1v) is 15.2. The van der Waals surface area contributed by atoms with Gasteiger partial charge in [0.25, 0.3) is 0 Å². The molecule has 204 valence electrons. The molecule has 2 aromatic rings. The highest BCUT2D eigenvalue weighted by atomic mass is 35.5. The van der Waals surface area contributed by atoms with E-state index >= 15 is 0 Å². The number of sulfonamides is 1. The van der Waals surface area contributed by atoms with Crippen molar-refractivity contribution in [1.82, 2.24) is 10.2 Å². The second-order valence-electron chi connectivity index (χ2n) is 8.74. The van der Waals surface area contributed by atoms with Gasteiger partial charge in [-0.1, -0.05) is 67.2 Å². The van der Waals surface area contributed by atoms with Gasteiger partial charge in [-0.2, -0.15) is 0 Å². The van der Waals surface area contributed by atoms with Gasteiger partial charge in [0, 0.05) is 41.1 Å². The quantitative estimate of drug-likeness (QED) is 0.277. The molecule has 0 spiro atoms. The topological polar surface area (TPSA) is 86.8 Å². The monoisotopic (exact) mass is 589 g/mol. The molecular weight excluding hydrogens is 557 g/mol. The maximum atomic E-state index is 13.5. The van der Waals surface area contributed by atoms with Gasteiger partial charge in [-0.05, 0) is 55.2 Å². The van der Waals surface area contributed by atoms with Crippen molar-refractivity contribution < 1.29 is 18.0 Å². The van der Waals surface area contributed by atoms with Gasteiger partial charge >= 0.3 is 0 Å². The standard InChI is InChI=1S/C26H34Cl3N3O4S/c1-4-6-14-30-26(34)24(5-2)31(18-19-12-13-21(28)17-23(19)29)25(33)11-8-15-32(37(3,35)36)22-10-7-9-20(27)16-22/h7,9-10,12-13,16-17,24H,4-6,8,11,14-15,18H2,1-3H3,(H,30,34)/t24-/m1/s1. The Hall–Kier alpha value is -2.00. The lowest BCUT2D eigenvalue weighted by Gasteiger charge is -2.31. The highest BCUT2D eigenvalue weighted by Gasteiger charge is 2.29. The van der Waals surface area contributed by atoms with Gasteiger partial charge in [0.2, 0.25) is 21.8 Å². The molecule has 2 rings (SSSR count). The van der Waals surface area contributed by atoms with Crippen molar-refractivity contribution in [3.63, 3.8) is 0 Å². The molecule has 37 heavy (non-hydrogen) atoms. The summed E-state index contributed by atoms with van der Waals surface area (Å²) in [4.78, 5) is 28.0. The lowest BCUT2D eigenvalue weighted by atomic mass is 10.1. The zero-order valence-corrected chi connectivity index (χ0v) is 24.4. The third-order valence-corrected chi connectivity index (χ3v) is 7.84. The molecule has 0 saturated carbocycles. The summed E-state index contributed by atoms with van der Waals surface area (Å²) in [6.07, 6.45) is 3.58. The zero-order chi connectivity index (χ0) is 27.6. The number of hydrogen-bond donors (Lipinski definition) is 1. The average Bonchev–Trinajstić information content (AvgIpc) is 2.82. The average molecular weight is 591 g/mol. The van der Waals surface area contributed by atoms with E-state index in [-0.39, 0.29) is 37.7 Å². The molecule has 11 heteroatoms. The van der Waals surface area contributed by atoms with Crippen LogP contribution in [0.15, 0.2) is 42.5 Å². The summed E-state index contributed by atoms with van der Waals surface area (Å²) in [5.41, 5.74) is 1.09. The Labute approximate surface area is 235 Å². The Kier molecular flexibility index (Phi) is 12.5. The normalized spacial score (nSPS) is 12.2. The lowest BCUT2D eigenvalue weighted by Crippen LogP contribution is -2.49. The molecule has 0 heterocycles. The third kappa shape index (κ3) is 9.67. The van der Waals surface area contributed by atoms with Gasteiger partial charge in [-0.15, -0.1) is 0 Å². The molecule has 1 atom stereocenters. The minimum Gasteiger partial charge on any atom is -0.354 e. The third-order valence-electron chi connectivity index (χ3n) is 5.82. The van der Waals surface area contributed by atoms with E-state index < -0.39 is 16.1 Å². The summed E-state index contributed by atoms with van der Waals surface area (Å²) in [7, 11) is -3.60. The predicted octanol–water partition coefficient (Wildman–Crippen LogP) is 5.92. The molecule has 0 aliphatic heterocycles. The molecule has 7 nitrogen and oxygen atoms in total. The van der Waals surface area contributed by atoms with Crippen molar-refractivity contribution in [2.75, 3.05) is 23.7 Å². The van der Waals surface area contributed by atoms with E-state index in [2.05, 4.69) is 5.32 Å². The molecule has 0 saturated heterocycles. The Morgan fingerprint density at radius 3 is 2.30 bits per heavy atom. The zero-order valence-electron chi connectivity index (χ0n) is 21.3. The summed E-state index contributed by atoms with van der Waals surface area (Å²) in [6, 6.07) is 10.9. The number of benzene rings is 2.